The van der Waals surface area contributed by atoms with Gasteiger partial charge in [-0.25, -0.2) is 0 Å². The first-order chi connectivity index (χ1) is 17.9. The van der Waals surface area contributed by atoms with Crippen molar-refractivity contribution >= 4 is 23.6 Å². The van der Waals surface area contributed by atoms with Crippen molar-refractivity contribution in [3.05, 3.63) is 33.6 Å². The number of H-pyrrole nitrogens is 1. The van der Waals surface area contributed by atoms with Crippen molar-refractivity contribution in [2.75, 3.05) is 51.2 Å². The largest absolute Gasteiger partial charge is 0.496 e. The van der Waals surface area contributed by atoms with Gasteiger partial charge in [0.2, 0.25) is 11.9 Å². The highest BCUT2D eigenvalue weighted by Gasteiger charge is 2.42. The number of aromatic nitrogens is 2. The van der Waals surface area contributed by atoms with Crippen LogP contribution in [0.1, 0.15) is 36.8 Å². The second-order valence-electron chi connectivity index (χ2n) is 8.69. The van der Waals surface area contributed by atoms with E-state index >= 15 is 0 Å². The molecule has 1 amide bonds. The SMILES string of the molecule is CCOC(=O)C1CCN(c2nc3c(c(=O)[nH]2)C(c2cc(OC)c(OC)cc2OC)C(C#N)C(=O)N3)CC1. The summed E-state index contributed by atoms with van der Waals surface area (Å²) >= 11 is 0. The molecule has 1 fully saturated rings. The second kappa shape index (κ2) is 10.8. The first kappa shape index (κ1) is 25.8. The Balaban J connectivity index is 1.75. The Hall–Kier alpha value is -4.27. The fourth-order valence-corrected chi connectivity index (χ4v) is 4.87. The molecule has 0 radical (unpaired) electrons. The van der Waals surface area contributed by atoms with Crippen molar-refractivity contribution in [2.24, 2.45) is 11.8 Å². The summed E-state index contributed by atoms with van der Waals surface area (Å²) in [4.78, 5) is 47.7. The van der Waals surface area contributed by atoms with Gasteiger partial charge in [0.05, 0.1) is 45.5 Å². The number of rotatable bonds is 7. The zero-order valence-corrected chi connectivity index (χ0v) is 21.1. The number of benzene rings is 1. The highest BCUT2D eigenvalue weighted by molar-refractivity contribution is 5.98. The van der Waals surface area contributed by atoms with Gasteiger partial charge in [-0.2, -0.15) is 10.2 Å². The van der Waals surface area contributed by atoms with E-state index in [-0.39, 0.29) is 29.2 Å². The maximum absolute atomic E-state index is 13.5. The summed E-state index contributed by atoms with van der Waals surface area (Å²) in [5.41, 5.74) is 0.0644. The number of ether oxygens (including phenoxy) is 4. The Labute approximate surface area is 213 Å². The fraction of sp³-hybridized carbons (Fsp3) is 0.480. The molecule has 1 aromatic carbocycles. The van der Waals surface area contributed by atoms with E-state index in [4.69, 9.17) is 18.9 Å². The average Bonchev–Trinajstić information content (AvgIpc) is 2.91. The predicted molar refractivity (Wildman–Crippen MR) is 132 cm³/mol. The number of nitrogens with zero attached hydrogens (tertiary/aromatic N) is 3. The summed E-state index contributed by atoms with van der Waals surface area (Å²) in [6.45, 7) is 3.05. The van der Waals surface area contributed by atoms with Gasteiger partial charge in [-0.1, -0.05) is 0 Å². The predicted octanol–water partition coefficient (Wildman–Crippen LogP) is 1.80. The number of carbonyl (C=O) groups is 2. The smallest absolute Gasteiger partial charge is 0.309 e. The van der Waals surface area contributed by atoms with E-state index in [1.54, 1.807) is 19.1 Å². The minimum Gasteiger partial charge on any atom is -0.496 e. The zero-order valence-electron chi connectivity index (χ0n) is 21.1. The number of fused-ring (bicyclic) bond motifs is 1. The summed E-state index contributed by atoms with van der Waals surface area (Å²) < 4.78 is 21.4. The number of esters is 1. The van der Waals surface area contributed by atoms with Crippen LogP contribution < -0.4 is 30.0 Å². The molecule has 2 aromatic rings. The molecule has 37 heavy (non-hydrogen) atoms. The molecular formula is C25H29N5O7. The summed E-state index contributed by atoms with van der Waals surface area (Å²) in [5.74, 6) is -1.77. The van der Waals surface area contributed by atoms with Crippen LogP contribution in [0.3, 0.4) is 0 Å². The van der Waals surface area contributed by atoms with Gasteiger partial charge < -0.3 is 29.2 Å². The van der Waals surface area contributed by atoms with Gasteiger partial charge in [0.15, 0.2) is 11.5 Å². The monoisotopic (exact) mass is 511 g/mol. The van der Waals surface area contributed by atoms with Gasteiger partial charge in [0.25, 0.3) is 5.56 Å². The van der Waals surface area contributed by atoms with E-state index < -0.39 is 23.3 Å². The van der Waals surface area contributed by atoms with Crippen LogP contribution in [0.5, 0.6) is 17.2 Å². The van der Waals surface area contributed by atoms with Crippen LogP contribution in [0, 0.1) is 23.2 Å². The third-order valence-electron chi connectivity index (χ3n) is 6.74. The van der Waals surface area contributed by atoms with Crippen LogP contribution in [0.25, 0.3) is 0 Å². The van der Waals surface area contributed by atoms with Crippen molar-refractivity contribution in [3.63, 3.8) is 0 Å². The van der Waals surface area contributed by atoms with Crippen LogP contribution in [-0.4, -0.2) is 62.9 Å². The number of nitrogens with one attached hydrogen (secondary N) is 2. The van der Waals surface area contributed by atoms with E-state index in [9.17, 15) is 19.6 Å². The van der Waals surface area contributed by atoms with Gasteiger partial charge in [0, 0.05) is 30.6 Å². The molecule has 0 saturated carbocycles. The molecule has 1 aromatic heterocycles. The van der Waals surface area contributed by atoms with E-state index in [0.717, 1.165) is 0 Å². The Morgan fingerprint density at radius 3 is 2.35 bits per heavy atom. The van der Waals surface area contributed by atoms with Crippen molar-refractivity contribution in [1.82, 2.24) is 9.97 Å². The van der Waals surface area contributed by atoms with E-state index in [2.05, 4.69) is 15.3 Å². The normalized spacial score (nSPS) is 19.3. The van der Waals surface area contributed by atoms with E-state index in [1.165, 1.54) is 21.3 Å². The number of aromatic amines is 1. The lowest BCUT2D eigenvalue weighted by Crippen LogP contribution is -2.41. The lowest BCUT2D eigenvalue weighted by molar-refractivity contribution is -0.148. The molecular weight excluding hydrogens is 482 g/mol. The third-order valence-corrected chi connectivity index (χ3v) is 6.74. The summed E-state index contributed by atoms with van der Waals surface area (Å²) in [7, 11) is 4.38. The topological polar surface area (TPSA) is 156 Å². The number of piperidine rings is 1. The maximum atomic E-state index is 13.5. The number of amides is 1. The lowest BCUT2D eigenvalue weighted by Gasteiger charge is -2.33. The number of carbonyl (C=O) groups excluding carboxylic acids is 2. The summed E-state index contributed by atoms with van der Waals surface area (Å²) in [5, 5.41) is 12.5. The lowest BCUT2D eigenvalue weighted by atomic mass is 9.78. The minimum atomic E-state index is -1.21. The average molecular weight is 512 g/mol. The number of nitriles is 1. The number of hydrogen-bond donors (Lipinski definition) is 2. The van der Waals surface area contributed by atoms with E-state index in [0.29, 0.717) is 55.4 Å². The Morgan fingerprint density at radius 2 is 1.76 bits per heavy atom. The summed E-state index contributed by atoms with van der Waals surface area (Å²) in [6.07, 6.45) is 1.10. The summed E-state index contributed by atoms with van der Waals surface area (Å²) in [6, 6.07) is 5.20. The Bertz CT molecular complexity index is 1290. The van der Waals surface area contributed by atoms with Crippen LogP contribution >= 0.6 is 0 Å². The van der Waals surface area contributed by atoms with Gasteiger partial charge in [0.1, 0.15) is 17.5 Å². The third kappa shape index (κ3) is 4.76. The number of anilines is 2. The fourth-order valence-electron chi connectivity index (χ4n) is 4.87. The highest BCUT2D eigenvalue weighted by Crippen LogP contribution is 2.45. The molecule has 12 heteroatoms. The van der Waals surface area contributed by atoms with Gasteiger partial charge in [-0.15, -0.1) is 0 Å². The van der Waals surface area contributed by atoms with Crippen LogP contribution in [-0.2, 0) is 14.3 Å². The van der Waals surface area contributed by atoms with Gasteiger partial charge >= 0.3 is 5.97 Å². The molecule has 196 valence electrons. The minimum absolute atomic E-state index is 0.0737. The number of methoxy groups -OCH3 is 3. The number of hydrogen-bond acceptors (Lipinski definition) is 10. The van der Waals surface area contributed by atoms with Crippen molar-refractivity contribution in [1.29, 1.82) is 5.26 Å². The molecule has 0 spiro atoms. The molecule has 2 N–H and O–H groups in total. The Morgan fingerprint density at radius 1 is 1.11 bits per heavy atom. The maximum Gasteiger partial charge on any atom is 0.309 e. The second-order valence-corrected chi connectivity index (χ2v) is 8.69. The quantitative estimate of drug-likeness (QED) is 0.526. The van der Waals surface area contributed by atoms with Crippen molar-refractivity contribution in [3.8, 4) is 23.3 Å². The molecule has 0 bridgehead atoms. The van der Waals surface area contributed by atoms with E-state index in [1.807, 2.05) is 11.0 Å². The molecule has 2 atom stereocenters. The first-order valence-electron chi connectivity index (χ1n) is 11.9. The molecule has 0 aliphatic carbocycles. The molecule has 1 saturated heterocycles. The molecule has 4 rings (SSSR count). The molecule has 3 heterocycles. The first-order valence-corrected chi connectivity index (χ1v) is 11.9. The Kier molecular flexibility index (Phi) is 7.52. The molecule has 2 unspecified atom stereocenters. The molecule has 2 aliphatic rings. The van der Waals surface area contributed by atoms with Crippen molar-refractivity contribution < 1.29 is 28.5 Å². The van der Waals surface area contributed by atoms with Crippen LogP contribution in [0.4, 0.5) is 11.8 Å². The molecule has 12 nitrogen and oxygen atoms in total. The van der Waals surface area contributed by atoms with Gasteiger partial charge in [-0.05, 0) is 25.8 Å². The van der Waals surface area contributed by atoms with Gasteiger partial charge in [-0.3, -0.25) is 19.4 Å². The standard InChI is InChI=1S/C25H29N5O7/c1-5-37-24(33)13-6-8-30(9-7-13)25-28-21-20(23(32)29-25)19(15(12-26)22(31)27-21)14-10-17(35-3)18(36-4)11-16(14)34-2/h10-11,13,15,19H,5-9H2,1-4H3,(H2,27,28,29,31,32). The van der Waals surface area contributed by atoms with Crippen LogP contribution in [0.2, 0.25) is 0 Å². The highest BCUT2D eigenvalue weighted by atomic mass is 16.5. The molecule has 2 aliphatic heterocycles. The zero-order chi connectivity index (χ0) is 26.7. The van der Waals surface area contributed by atoms with Crippen LogP contribution in [0.15, 0.2) is 16.9 Å². The van der Waals surface area contributed by atoms with Crippen molar-refractivity contribution in [2.45, 2.75) is 25.7 Å².